The quantitative estimate of drug-likeness (QED) is 0.524. The number of carbonyl (C=O) groups excluding carboxylic acids is 1. The zero-order valence-electron chi connectivity index (χ0n) is 10.8. The molecule has 108 valence electrons. The predicted molar refractivity (Wildman–Crippen MR) is 78.3 cm³/mol. The lowest BCUT2D eigenvalue weighted by Crippen LogP contribution is -2.33. The van der Waals surface area contributed by atoms with Crippen LogP contribution in [0.1, 0.15) is 29.6 Å². The summed E-state index contributed by atoms with van der Waals surface area (Å²) in [5.74, 6) is -0.465. The Bertz CT molecular complexity index is 541. The molecule has 1 amide bonds. The van der Waals surface area contributed by atoms with E-state index in [2.05, 4.69) is 10.3 Å². The third kappa shape index (κ3) is 3.40. The summed E-state index contributed by atoms with van der Waals surface area (Å²) in [6.45, 7) is 0. The maximum absolute atomic E-state index is 12.2. The molecule has 0 aromatic carbocycles. The highest BCUT2D eigenvalue weighted by atomic mass is 35.5. The minimum absolute atomic E-state index is 0.0393. The van der Waals surface area contributed by atoms with Gasteiger partial charge in [-0.2, -0.15) is 11.8 Å². The third-order valence-electron chi connectivity index (χ3n) is 3.34. The van der Waals surface area contributed by atoms with Crippen LogP contribution in [0.25, 0.3) is 0 Å². The minimum Gasteiger partial charge on any atom is -0.349 e. The number of thioether (sulfide) groups is 1. The molecule has 2 atom stereocenters. The van der Waals surface area contributed by atoms with Gasteiger partial charge in [-0.1, -0.05) is 11.6 Å². The number of hydrogen-bond donors (Lipinski definition) is 1. The lowest BCUT2D eigenvalue weighted by atomic mass is 10.2. The van der Waals surface area contributed by atoms with E-state index in [1.165, 1.54) is 6.07 Å². The van der Waals surface area contributed by atoms with E-state index in [9.17, 15) is 14.9 Å². The fourth-order valence-electron chi connectivity index (χ4n) is 2.30. The number of nitrogens with zero attached hydrogens (tertiary/aromatic N) is 2. The lowest BCUT2D eigenvalue weighted by Gasteiger charge is -2.12. The average molecular weight is 316 g/mol. The van der Waals surface area contributed by atoms with Crippen LogP contribution in [0.15, 0.2) is 12.3 Å². The molecule has 1 fully saturated rings. The first-order chi connectivity index (χ1) is 9.51. The lowest BCUT2D eigenvalue weighted by molar-refractivity contribution is -0.385. The van der Waals surface area contributed by atoms with Crippen molar-refractivity contribution < 1.29 is 9.72 Å². The molecule has 20 heavy (non-hydrogen) atoms. The summed E-state index contributed by atoms with van der Waals surface area (Å²) >= 11 is 7.49. The summed E-state index contributed by atoms with van der Waals surface area (Å²) in [5.41, 5.74) is -0.367. The largest absolute Gasteiger partial charge is 0.349 e. The smallest absolute Gasteiger partial charge is 0.300 e. The molecule has 2 unspecified atom stereocenters. The molecule has 1 aliphatic carbocycles. The molecule has 0 bridgehead atoms. The first-order valence-corrected chi connectivity index (χ1v) is 7.81. The van der Waals surface area contributed by atoms with E-state index in [-0.39, 0.29) is 22.4 Å². The summed E-state index contributed by atoms with van der Waals surface area (Å²) in [4.78, 5) is 26.1. The molecule has 2 rings (SSSR count). The minimum atomic E-state index is -0.627. The maximum atomic E-state index is 12.2. The van der Waals surface area contributed by atoms with Crippen LogP contribution >= 0.6 is 23.4 Å². The average Bonchev–Trinajstić information content (AvgIpc) is 2.85. The summed E-state index contributed by atoms with van der Waals surface area (Å²) < 4.78 is 0. The molecule has 0 spiro atoms. The van der Waals surface area contributed by atoms with Gasteiger partial charge in [0, 0.05) is 11.3 Å². The number of nitrogens with one attached hydrogen (secondary N) is 1. The zero-order valence-corrected chi connectivity index (χ0v) is 12.4. The van der Waals surface area contributed by atoms with Crippen LogP contribution in [-0.4, -0.2) is 33.4 Å². The highest BCUT2D eigenvalue weighted by molar-refractivity contribution is 7.99. The van der Waals surface area contributed by atoms with Gasteiger partial charge in [-0.3, -0.25) is 14.9 Å². The number of nitro groups is 1. The molecule has 8 heteroatoms. The summed E-state index contributed by atoms with van der Waals surface area (Å²) in [5, 5.41) is 14.4. The van der Waals surface area contributed by atoms with Crippen LogP contribution in [0.5, 0.6) is 0 Å². The predicted octanol–water partition coefficient (Wildman–Crippen LogP) is 2.66. The molecule has 1 aromatic rings. The Morgan fingerprint density at radius 2 is 2.35 bits per heavy atom. The van der Waals surface area contributed by atoms with Crippen molar-refractivity contribution >= 4 is 35.0 Å². The Kier molecular flexibility index (Phi) is 4.82. The van der Waals surface area contributed by atoms with E-state index in [0.29, 0.717) is 5.25 Å². The fraction of sp³-hybridized carbons (Fsp3) is 0.500. The molecule has 1 saturated carbocycles. The number of carbonyl (C=O) groups is 1. The first-order valence-electron chi connectivity index (χ1n) is 6.15. The number of amides is 1. The number of hydrogen-bond acceptors (Lipinski definition) is 5. The molecule has 1 aromatic heterocycles. The van der Waals surface area contributed by atoms with Crippen molar-refractivity contribution in [1.29, 1.82) is 0 Å². The highest BCUT2D eigenvalue weighted by Crippen LogP contribution is 2.29. The number of pyridine rings is 1. The van der Waals surface area contributed by atoms with E-state index >= 15 is 0 Å². The van der Waals surface area contributed by atoms with Crippen LogP contribution in [0, 0.1) is 10.1 Å². The van der Waals surface area contributed by atoms with Gasteiger partial charge in [0.1, 0.15) is 16.9 Å². The van der Waals surface area contributed by atoms with E-state index in [4.69, 9.17) is 11.6 Å². The van der Waals surface area contributed by atoms with Gasteiger partial charge in [0.05, 0.1) is 4.92 Å². The third-order valence-corrected chi connectivity index (χ3v) is 4.65. The van der Waals surface area contributed by atoms with Crippen LogP contribution in [-0.2, 0) is 0 Å². The van der Waals surface area contributed by atoms with Gasteiger partial charge < -0.3 is 5.32 Å². The summed E-state index contributed by atoms with van der Waals surface area (Å²) in [6, 6.07) is 1.29. The van der Waals surface area contributed by atoms with Gasteiger partial charge in [-0.25, -0.2) is 4.98 Å². The molecule has 0 saturated heterocycles. The molecule has 1 N–H and O–H groups in total. The second kappa shape index (κ2) is 6.41. The van der Waals surface area contributed by atoms with Crippen LogP contribution in [0.4, 0.5) is 5.69 Å². The second-order valence-electron chi connectivity index (χ2n) is 4.62. The topological polar surface area (TPSA) is 85.1 Å². The highest BCUT2D eigenvalue weighted by Gasteiger charge is 2.28. The molecule has 0 radical (unpaired) electrons. The molecular weight excluding hydrogens is 302 g/mol. The Balaban J connectivity index is 2.13. The molecule has 6 nitrogen and oxygen atoms in total. The van der Waals surface area contributed by atoms with Crippen LogP contribution < -0.4 is 5.32 Å². The molecule has 1 heterocycles. The molecule has 1 aliphatic rings. The zero-order chi connectivity index (χ0) is 14.7. The monoisotopic (exact) mass is 315 g/mol. The van der Waals surface area contributed by atoms with Gasteiger partial charge in [-0.15, -0.1) is 0 Å². The van der Waals surface area contributed by atoms with Gasteiger partial charge in [-0.05, 0) is 31.6 Å². The Morgan fingerprint density at radius 1 is 1.60 bits per heavy atom. The van der Waals surface area contributed by atoms with Gasteiger partial charge in [0.2, 0.25) is 0 Å². The van der Waals surface area contributed by atoms with Gasteiger partial charge >= 0.3 is 0 Å². The SMILES string of the molecule is CSC1CCC(NC(=O)c2cc(Cl)ncc2[N+](=O)[O-])C1. The van der Waals surface area contributed by atoms with Crippen molar-refractivity contribution in [1.82, 2.24) is 10.3 Å². The molecular formula is C12H14ClN3O3S. The van der Waals surface area contributed by atoms with Crippen molar-refractivity contribution in [2.45, 2.75) is 30.6 Å². The van der Waals surface area contributed by atoms with Crippen molar-refractivity contribution in [2.24, 2.45) is 0 Å². The Morgan fingerprint density at radius 3 is 2.95 bits per heavy atom. The Hall–Kier alpha value is -1.34. The van der Waals surface area contributed by atoms with Gasteiger partial charge in [0.15, 0.2) is 0 Å². The fourth-order valence-corrected chi connectivity index (χ4v) is 3.25. The summed E-state index contributed by atoms with van der Waals surface area (Å²) in [7, 11) is 0. The number of aromatic nitrogens is 1. The maximum Gasteiger partial charge on any atom is 0.300 e. The standard InChI is InChI=1S/C12H14ClN3O3S/c1-20-8-3-2-7(4-8)15-12(17)9-5-11(13)14-6-10(9)16(18)19/h5-8H,2-4H2,1H3,(H,15,17). The number of halogens is 1. The van der Waals surface area contributed by atoms with Crippen LogP contribution in [0.3, 0.4) is 0 Å². The first kappa shape index (κ1) is 15.1. The molecule has 0 aliphatic heterocycles. The van der Waals surface area contributed by atoms with Crippen molar-refractivity contribution in [3.8, 4) is 0 Å². The van der Waals surface area contributed by atoms with Crippen LogP contribution in [0.2, 0.25) is 5.15 Å². The number of rotatable bonds is 4. The Labute approximate surface area is 125 Å². The second-order valence-corrected chi connectivity index (χ2v) is 6.15. The van der Waals surface area contributed by atoms with Crippen molar-refractivity contribution in [3.05, 3.63) is 33.1 Å². The normalized spacial score (nSPS) is 21.7. The van der Waals surface area contributed by atoms with E-state index in [1.807, 2.05) is 6.26 Å². The van der Waals surface area contributed by atoms with Crippen molar-refractivity contribution in [3.63, 3.8) is 0 Å². The van der Waals surface area contributed by atoms with Gasteiger partial charge in [0.25, 0.3) is 11.6 Å². The van der Waals surface area contributed by atoms with Crippen molar-refractivity contribution in [2.75, 3.05) is 6.26 Å². The van der Waals surface area contributed by atoms with E-state index in [0.717, 1.165) is 25.5 Å². The summed E-state index contributed by atoms with van der Waals surface area (Å²) in [6.07, 6.45) is 5.88. The van der Waals surface area contributed by atoms with E-state index in [1.54, 1.807) is 11.8 Å². The van der Waals surface area contributed by atoms with E-state index < -0.39 is 10.8 Å².